The second kappa shape index (κ2) is 5.70. The van der Waals surface area contributed by atoms with E-state index < -0.39 is 16.0 Å². The van der Waals surface area contributed by atoms with Gasteiger partial charge in [-0.2, -0.15) is 10.1 Å². The lowest BCUT2D eigenvalue weighted by Gasteiger charge is -2.06. The number of nitrogens with zero attached hydrogens (tertiary/aromatic N) is 2. The summed E-state index contributed by atoms with van der Waals surface area (Å²) in [7, 11) is -2.38. The summed E-state index contributed by atoms with van der Waals surface area (Å²) in [5, 5.41) is 5.93. The van der Waals surface area contributed by atoms with Crippen LogP contribution in [-0.2, 0) is 20.5 Å². The third-order valence-corrected chi connectivity index (χ3v) is 3.59. The molecule has 8 nitrogen and oxygen atoms in total. The van der Waals surface area contributed by atoms with Gasteiger partial charge in [0, 0.05) is 0 Å². The van der Waals surface area contributed by atoms with Gasteiger partial charge in [0.2, 0.25) is 16.0 Å². The molecule has 0 saturated carbocycles. The molecule has 1 aromatic heterocycles. The average molecular weight is 296 g/mol. The molecule has 2 rings (SSSR count). The standard InChI is InChI=1S/C11H12N4O4S/c1-19-10(16)9-4-2-3-8(5-9)6-20(17,18)15-11-12-7-13-14-11/h2-5,7H,6H2,1H3,(H2,12,13,14,15). The fraction of sp³-hybridized carbons (Fsp3) is 0.182. The van der Waals surface area contributed by atoms with Crippen molar-refractivity contribution in [2.24, 2.45) is 0 Å². The van der Waals surface area contributed by atoms with Crippen LogP contribution in [0.3, 0.4) is 0 Å². The molecular weight excluding hydrogens is 284 g/mol. The molecule has 9 heteroatoms. The zero-order valence-corrected chi connectivity index (χ0v) is 11.3. The summed E-state index contributed by atoms with van der Waals surface area (Å²) in [6.45, 7) is 0. The zero-order valence-electron chi connectivity index (χ0n) is 10.5. The van der Waals surface area contributed by atoms with Crippen molar-refractivity contribution < 1.29 is 17.9 Å². The number of aromatic nitrogens is 3. The van der Waals surface area contributed by atoms with Gasteiger partial charge in [-0.3, -0.25) is 4.72 Å². The minimum absolute atomic E-state index is 0.0362. The van der Waals surface area contributed by atoms with Crippen LogP contribution in [-0.4, -0.2) is 36.7 Å². The van der Waals surface area contributed by atoms with Gasteiger partial charge in [0.1, 0.15) is 6.33 Å². The molecule has 20 heavy (non-hydrogen) atoms. The molecule has 106 valence electrons. The lowest BCUT2D eigenvalue weighted by Crippen LogP contribution is -2.16. The molecule has 0 radical (unpaired) electrons. The van der Waals surface area contributed by atoms with Gasteiger partial charge < -0.3 is 4.74 Å². The van der Waals surface area contributed by atoms with E-state index in [2.05, 4.69) is 24.6 Å². The van der Waals surface area contributed by atoms with Crippen molar-refractivity contribution in [2.45, 2.75) is 5.75 Å². The Morgan fingerprint density at radius 3 is 2.90 bits per heavy atom. The molecule has 0 atom stereocenters. The van der Waals surface area contributed by atoms with Crippen LogP contribution in [0, 0.1) is 0 Å². The number of esters is 1. The van der Waals surface area contributed by atoms with Crippen molar-refractivity contribution in [3.05, 3.63) is 41.7 Å². The predicted molar refractivity (Wildman–Crippen MR) is 70.4 cm³/mol. The molecule has 0 aliphatic rings. The number of H-pyrrole nitrogens is 1. The summed E-state index contributed by atoms with van der Waals surface area (Å²) in [6, 6.07) is 6.20. The smallest absolute Gasteiger partial charge is 0.337 e. The highest BCUT2D eigenvalue weighted by molar-refractivity contribution is 7.91. The molecule has 2 aromatic rings. The van der Waals surface area contributed by atoms with Gasteiger partial charge in [-0.25, -0.2) is 18.3 Å². The third-order valence-electron chi connectivity index (χ3n) is 2.37. The molecule has 0 amide bonds. The number of hydrogen-bond acceptors (Lipinski definition) is 6. The van der Waals surface area contributed by atoms with Crippen molar-refractivity contribution in [1.29, 1.82) is 0 Å². The van der Waals surface area contributed by atoms with E-state index in [1.54, 1.807) is 18.2 Å². The summed E-state index contributed by atoms with van der Waals surface area (Å²) in [5.41, 5.74) is 0.750. The van der Waals surface area contributed by atoms with Crippen molar-refractivity contribution in [2.75, 3.05) is 11.8 Å². The minimum Gasteiger partial charge on any atom is -0.465 e. The van der Waals surface area contributed by atoms with E-state index in [0.29, 0.717) is 11.1 Å². The maximum absolute atomic E-state index is 11.9. The number of sulfonamides is 1. The molecule has 0 unspecified atom stereocenters. The Hall–Kier alpha value is -2.42. The SMILES string of the molecule is COC(=O)c1cccc(CS(=O)(=O)Nc2ncn[nH]2)c1. The van der Waals surface area contributed by atoms with Gasteiger partial charge >= 0.3 is 5.97 Å². The van der Waals surface area contributed by atoms with E-state index >= 15 is 0 Å². The van der Waals surface area contributed by atoms with Crippen molar-refractivity contribution in [1.82, 2.24) is 15.2 Å². The highest BCUT2D eigenvalue weighted by Crippen LogP contribution is 2.11. The Kier molecular flexibility index (Phi) is 3.99. The summed E-state index contributed by atoms with van der Waals surface area (Å²) in [5.74, 6) is -0.778. The molecule has 0 bridgehead atoms. The summed E-state index contributed by atoms with van der Waals surface area (Å²) < 4.78 is 30.6. The summed E-state index contributed by atoms with van der Waals surface area (Å²) >= 11 is 0. The van der Waals surface area contributed by atoms with Crippen LogP contribution in [0.2, 0.25) is 0 Å². The number of anilines is 1. The second-order valence-electron chi connectivity index (χ2n) is 3.89. The molecule has 0 spiro atoms. The van der Waals surface area contributed by atoms with Gasteiger partial charge in [-0.1, -0.05) is 12.1 Å². The zero-order chi connectivity index (χ0) is 14.6. The van der Waals surface area contributed by atoms with Gasteiger partial charge in [0.15, 0.2) is 0 Å². The van der Waals surface area contributed by atoms with Crippen LogP contribution >= 0.6 is 0 Å². The third kappa shape index (κ3) is 3.54. The van der Waals surface area contributed by atoms with E-state index in [1.165, 1.54) is 19.5 Å². The predicted octanol–water partition coefficient (Wildman–Crippen LogP) is 0.533. The first-order valence-corrected chi connectivity index (χ1v) is 7.18. The normalized spacial score (nSPS) is 11.1. The van der Waals surface area contributed by atoms with Crippen LogP contribution in [0.5, 0.6) is 0 Å². The first kappa shape index (κ1) is 14.0. The summed E-state index contributed by atoms with van der Waals surface area (Å²) in [4.78, 5) is 15.0. The van der Waals surface area contributed by atoms with Gasteiger partial charge in [-0.15, -0.1) is 0 Å². The largest absolute Gasteiger partial charge is 0.465 e. The Labute approximate surface area is 115 Å². The quantitative estimate of drug-likeness (QED) is 0.778. The number of hydrogen-bond donors (Lipinski definition) is 2. The molecule has 0 saturated heterocycles. The molecule has 1 heterocycles. The molecule has 0 aliphatic heterocycles. The summed E-state index contributed by atoms with van der Waals surface area (Å²) in [6.07, 6.45) is 1.19. The minimum atomic E-state index is -3.64. The van der Waals surface area contributed by atoms with Crippen LogP contribution in [0.25, 0.3) is 0 Å². The maximum Gasteiger partial charge on any atom is 0.337 e. The topological polar surface area (TPSA) is 114 Å². The van der Waals surface area contributed by atoms with E-state index in [9.17, 15) is 13.2 Å². The first-order chi connectivity index (χ1) is 9.50. The number of aromatic amines is 1. The Balaban J connectivity index is 2.15. The molecule has 0 fully saturated rings. The first-order valence-electron chi connectivity index (χ1n) is 5.53. The fourth-order valence-electron chi connectivity index (χ4n) is 1.56. The van der Waals surface area contributed by atoms with E-state index in [0.717, 1.165) is 0 Å². The second-order valence-corrected chi connectivity index (χ2v) is 5.61. The number of benzene rings is 1. The van der Waals surface area contributed by atoms with Crippen molar-refractivity contribution in [3.63, 3.8) is 0 Å². The average Bonchev–Trinajstić information content (AvgIpc) is 2.89. The lowest BCUT2D eigenvalue weighted by atomic mass is 10.1. The number of carbonyl (C=O) groups excluding carboxylic acids is 1. The van der Waals surface area contributed by atoms with E-state index in [-0.39, 0.29) is 11.7 Å². The maximum atomic E-state index is 11.9. The highest BCUT2D eigenvalue weighted by Gasteiger charge is 2.14. The fourth-order valence-corrected chi connectivity index (χ4v) is 2.65. The number of rotatable bonds is 5. The van der Waals surface area contributed by atoms with Gasteiger partial charge in [0.25, 0.3) is 0 Å². The molecule has 1 aromatic carbocycles. The monoisotopic (exact) mass is 296 g/mol. The van der Waals surface area contributed by atoms with Crippen LogP contribution in [0.4, 0.5) is 5.95 Å². The van der Waals surface area contributed by atoms with Crippen LogP contribution < -0.4 is 4.72 Å². The van der Waals surface area contributed by atoms with E-state index in [1.807, 2.05) is 0 Å². The van der Waals surface area contributed by atoms with Gasteiger partial charge in [-0.05, 0) is 17.7 Å². The van der Waals surface area contributed by atoms with Crippen molar-refractivity contribution >= 4 is 21.9 Å². The van der Waals surface area contributed by atoms with Gasteiger partial charge in [0.05, 0.1) is 18.4 Å². The number of methoxy groups -OCH3 is 1. The number of ether oxygens (including phenoxy) is 1. The highest BCUT2D eigenvalue weighted by atomic mass is 32.2. The molecular formula is C11H12N4O4S. The van der Waals surface area contributed by atoms with Crippen LogP contribution in [0.1, 0.15) is 15.9 Å². The van der Waals surface area contributed by atoms with Crippen LogP contribution in [0.15, 0.2) is 30.6 Å². The molecule has 2 N–H and O–H groups in total. The number of nitrogens with one attached hydrogen (secondary N) is 2. The van der Waals surface area contributed by atoms with E-state index in [4.69, 9.17) is 0 Å². The molecule has 0 aliphatic carbocycles. The Morgan fingerprint density at radius 2 is 2.25 bits per heavy atom. The Morgan fingerprint density at radius 1 is 1.45 bits per heavy atom. The Bertz CT molecular complexity index is 697. The number of carbonyl (C=O) groups is 1. The lowest BCUT2D eigenvalue weighted by molar-refractivity contribution is 0.0600. The van der Waals surface area contributed by atoms with Crippen molar-refractivity contribution in [3.8, 4) is 0 Å².